The van der Waals surface area contributed by atoms with E-state index in [0.717, 1.165) is 25.5 Å². The fourth-order valence-electron chi connectivity index (χ4n) is 3.32. The summed E-state index contributed by atoms with van der Waals surface area (Å²) in [5.74, 6) is 0.793. The van der Waals surface area contributed by atoms with Crippen molar-refractivity contribution in [1.82, 2.24) is 14.9 Å². The Hall–Kier alpha value is -3.45. The van der Waals surface area contributed by atoms with Crippen molar-refractivity contribution in [2.45, 2.75) is 6.04 Å². The van der Waals surface area contributed by atoms with E-state index in [1.54, 1.807) is 24.5 Å². The van der Waals surface area contributed by atoms with E-state index in [0.29, 0.717) is 11.1 Å². The van der Waals surface area contributed by atoms with Gasteiger partial charge in [-0.2, -0.15) is 10.5 Å². The standard InChI is InChI=1S/C17H18N4.C6H3ClN2/c1-20-10-11-21(17-15(12-18)8-5-9-19-17)16(13-20)14-6-3-2-4-7-14;7-6-5(4-8)2-1-3-9-6/h2-9,16H,10-11,13H2,1H3;1-3H. The molecule has 0 radical (unpaired) electrons. The Morgan fingerprint density at radius 3 is 2.20 bits per heavy atom. The molecular formula is C23H21ClN6. The second-order valence-electron chi connectivity index (χ2n) is 6.82. The fourth-order valence-corrected chi connectivity index (χ4v) is 3.48. The molecule has 2 aromatic heterocycles. The lowest BCUT2D eigenvalue weighted by Gasteiger charge is -2.41. The summed E-state index contributed by atoms with van der Waals surface area (Å²) in [7, 11) is 2.14. The highest BCUT2D eigenvalue weighted by Crippen LogP contribution is 2.30. The summed E-state index contributed by atoms with van der Waals surface area (Å²) in [6.45, 7) is 2.79. The molecule has 7 heteroatoms. The molecule has 1 saturated heterocycles. The van der Waals surface area contributed by atoms with Crippen molar-refractivity contribution in [2.24, 2.45) is 0 Å². The number of pyridine rings is 2. The smallest absolute Gasteiger partial charge is 0.147 e. The van der Waals surface area contributed by atoms with Gasteiger partial charge in [0.1, 0.15) is 23.1 Å². The highest BCUT2D eigenvalue weighted by atomic mass is 35.5. The summed E-state index contributed by atoms with van der Waals surface area (Å²) in [6.07, 6.45) is 3.31. The van der Waals surface area contributed by atoms with Crippen LogP contribution in [0.3, 0.4) is 0 Å². The number of hydrogen-bond donors (Lipinski definition) is 0. The lowest BCUT2D eigenvalue weighted by Crippen LogP contribution is -2.47. The number of nitriles is 2. The number of benzene rings is 1. The Bertz CT molecular complexity index is 1060. The molecule has 1 aliphatic heterocycles. The first-order chi connectivity index (χ1) is 14.6. The maximum Gasteiger partial charge on any atom is 0.147 e. The van der Waals surface area contributed by atoms with Gasteiger partial charge in [0.25, 0.3) is 0 Å². The number of hydrogen-bond acceptors (Lipinski definition) is 6. The maximum absolute atomic E-state index is 9.33. The van der Waals surface area contributed by atoms with Gasteiger partial charge < -0.3 is 9.80 Å². The summed E-state index contributed by atoms with van der Waals surface area (Å²) < 4.78 is 0. The largest absolute Gasteiger partial charge is 0.346 e. The number of rotatable bonds is 2. The van der Waals surface area contributed by atoms with Crippen molar-refractivity contribution >= 4 is 17.4 Å². The van der Waals surface area contributed by atoms with Crippen molar-refractivity contribution in [2.75, 3.05) is 31.6 Å². The molecule has 0 bridgehead atoms. The third kappa shape index (κ3) is 5.12. The van der Waals surface area contributed by atoms with Gasteiger partial charge in [0, 0.05) is 32.0 Å². The van der Waals surface area contributed by atoms with Crippen LogP contribution in [0.1, 0.15) is 22.7 Å². The number of piperazine rings is 1. The second-order valence-corrected chi connectivity index (χ2v) is 7.18. The van der Waals surface area contributed by atoms with E-state index < -0.39 is 0 Å². The summed E-state index contributed by atoms with van der Waals surface area (Å²) in [6, 6.07) is 21.8. The van der Waals surface area contributed by atoms with Gasteiger partial charge in [0.2, 0.25) is 0 Å². The molecule has 0 saturated carbocycles. The fraction of sp³-hybridized carbons (Fsp3) is 0.217. The molecule has 0 N–H and O–H groups in total. The number of aromatic nitrogens is 2. The first-order valence-corrected chi connectivity index (χ1v) is 9.87. The Morgan fingerprint density at radius 2 is 1.57 bits per heavy atom. The Morgan fingerprint density at radius 1 is 0.900 bits per heavy atom. The van der Waals surface area contributed by atoms with Crippen LogP contribution in [0.25, 0.3) is 0 Å². The molecule has 4 rings (SSSR count). The minimum Gasteiger partial charge on any atom is -0.346 e. The van der Waals surface area contributed by atoms with Crippen LogP contribution in [0.4, 0.5) is 5.82 Å². The minimum absolute atomic E-state index is 0.229. The molecule has 3 heterocycles. The molecule has 1 unspecified atom stereocenters. The number of nitrogens with zero attached hydrogens (tertiary/aromatic N) is 6. The van der Waals surface area contributed by atoms with Gasteiger partial charge in [0.15, 0.2) is 0 Å². The number of halogens is 1. The SMILES string of the molecule is CN1CCN(c2ncccc2C#N)C(c2ccccc2)C1.N#Cc1cccnc1Cl. The van der Waals surface area contributed by atoms with Crippen LogP contribution >= 0.6 is 11.6 Å². The molecule has 150 valence electrons. The van der Waals surface area contributed by atoms with Gasteiger partial charge in [0.05, 0.1) is 17.2 Å². The normalized spacial score (nSPS) is 16.0. The highest BCUT2D eigenvalue weighted by Gasteiger charge is 2.28. The van der Waals surface area contributed by atoms with Crippen molar-refractivity contribution in [3.8, 4) is 12.1 Å². The second kappa shape index (κ2) is 10.4. The predicted molar refractivity (Wildman–Crippen MR) is 117 cm³/mol. The van der Waals surface area contributed by atoms with Crippen molar-refractivity contribution in [1.29, 1.82) is 10.5 Å². The van der Waals surface area contributed by atoms with E-state index >= 15 is 0 Å². The van der Waals surface area contributed by atoms with Crippen LogP contribution in [-0.4, -0.2) is 41.5 Å². The average molecular weight is 417 g/mol. The Balaban J connectivity index is 0.000000239. The first-order valence-electron chi connectivity index (χ1n) is 9.50. The third-order valence-electron chi connectivity index (χ3n) is 4.83. The molecule has 3 aromatic rings. The van der Waals surface area contributed by atoms with E-state index in [9.17, 15) is 5.26 Å². The number of anilines is 1. The molecular weight excluding hydrogens is 396 g/mol. The topological polar surface area (TPSA) is 79.8 Å². The minimum atomic E-state index is 0.229. The first kappa shape index (κ1) is 21.3. The molecule has 6 nitrogen and oxygen atoms in total. The van der Waals surface area contributed by atoms with Gasteiger partial charge in [-0.15, -0.1) is 0 Å². The van der Waals surface area contributed by atoms with Gasteiger partial charge in [-0.3, -0.25) is 0 Å². The van der Waals surface area contributed by atoms with Gasteiger partial charge >= 0.3 is 0 Å². The molecule has 30 heavy (non-hydrogen) atoms. The highest BCUT2D eigenvalue weighted by molar-refractivity contribution is 6.30. The maximum atomic E-state index is 9.33. The monoisotopic (exact) mass is 416 g/mol. The van der Waals surface area contributed by atoms with Crippen LogP contribution in [-0.2, 0) is 0 Å². The summed E-state index contributed by atoms with van der Waals surface area (Å²) in [5, 5.41) is 17.9. The van der Waals surface area contributed by atoms with E-state index in [1.807, 2.05) is 24.3 Å². The van der Waals surface area contributed by atoms with Crippen molar-refractivity contribution in [3.63, 3.8) is 0 Å². The zero-order valence-corrected chi connectivity index (χ0v) is 17.4. The van der Waals surface area contributed by atoms with Gasteiger partial charge in [-0.25, -0.2) is 9.97 Å². The lowest BCUT2D eigenvalue weighted by molar-refractivity contribution is 0.268. The quantitative estimate of drug-likeness (QED) is 0.586. The molecule has 0 amide bonds. The molecule has 1 atom stereocenters. The average Bonchev–Trinajstić information content (AvgIpc) is 2.80. The van der Waals surface area contributed by atoms with Crippen LogP contribution < -0.4 is 4.90 Å². The summed E-state index contributed by atoms with van der Waals surface area (Å²) in [4.78, 5) is 12.7. The lowest BCUT2D eigenvalue weighted by atomic mass is 10.0. The molecule has 0 spiro atoms. The Labute approximate surface area is 181 Å². The summed E-state index contributed by atoms with van der Waals surface area (Å²) in [5.41, 5.74) is 2.32. The predicted octanol–water partition coefficient (Wildman–Crippen LogP) is 4.05. The van der Waals surface area contributed by atoms with Crippen LogP contribution in [0, 0.1) is 22.7 Å². The molecule has 1 fully saturated rings. The van der Waals surface area contributed by atoms with Crippen LogP contribution in [0.15, 0.2) is 67.0 Å². The molecule has 1 aromatic carbocycles. The van der Waals surface area contributed by atoms with E-state index in [2.05, 4.69) is 57.2 Å². The van der Waals surface area contributed by atoms with E-state index in [-0.39, 0.29) is 11.2 Å². The third-order valence-corrected chi connectivity index (χ3v) is 5.13. The van der Waals surface area contributed by atoms with E-state index in [4.69, 9.17) is 16.9 Å². The number of likely N-dealkylation sites (N-methyl/N-ethyl adjacent to an activating group) is 1. The van der Waals surface area contributed by atoms with Crippen LogP contribution in [0.5, 0.6) is 0 Å². The Kier molecular flexibility index (Phi) is 7.34. The van der Waals surface area contributed by atoms with Crippen molar-refractivity contribution in [3.05, 3.63) is 88.8 Å². The molecule has 0 aliphatic carbocycles. The molecule has 1 aliphatic rings. The van der Waals surface area contributed by atoms with E-state index in [1.165, 1.54) is 5.56 Å². The zero-order valence-electron chi connectivity index (χ0n) is 16.6. The van der Waals surface area contributed by atoms with Gasteiger partial charge in [-0.1, -0.05) is 41.9 Å². The zero-order chi connectivity index (χ0) is 21.3. The van der Waals surface area contributed by atoms with Crippen molar-refractivity contribution < 1.29 is 0 Å². The summed E-state index contributed by atoms with van der Waals surface area (Å²) >= 11 is 5.49. The van der Waals surface area contributed by atoms with Crippen LogP contribution in [0.2, 0.25) is 5.15 Å². The van der Waals surface area contributed by atoms with Gasteiger partial charge in [-0.05, 0) is 36.9 Å².